The van der Waals surface area contributed by atoms with Crippen molar-refractivity contribution < 1.29 is 18.3 Å². The Morgan fingerprint density at radius 2 is 1.76 bits per heavy atom. The lowest BCUT2D eigenvalue weighted by Gasteiger charge is -2.20. The Hall–Kier alpha value is -1.23. The van der Waals surface area contributed by atoms with Crippen LogP contribution in [0.25, 0.3) is 0 Å². The first-order valence-corrected chi connectivity index (χ1v) is 5.35. The molecule has 2 nitrogen and oxygen atoms in total. The molecule has 0 fully saturated rings. The molecule has 1 rings (SSSR count). The summed E-state index contributed by atoms with van der Waals surface area (Å²) in [6.07, 6.45) is -5.53. The predicted molar refractivity (Wildman–Crippen MR) is 61.0 cm³/mol. The van der Waals surface area contributed by atoms with Crippen molar-refractivity contribution in [3.05, 3.63) is 29.8 Å². The van der Waals surface area contributed by atoms with Crippen LogP contribution >= 0.6 is 0 Å². The van der Waals surface area contributed by atoms with Gasteiger partial charge in [-0.05, 0) is 24.6 Å². The van der Waals surface area contributed by atoms with Crippen LogP contribution in [-0.4, -0.2) is 24.9 Å². The molecule has 0 aliphatic carbocycles. The van der Waals surface area contributed by atoms with Crippen LogP contribution in [0.15, 0.2) is 24.3 Å². The standard InChI is InChI=1S/C12H16F3NO/c1-9(17)10-3-5-11(6-4-10)16(2)8-7-12(13,14)15/h3-6,9,17H,7-8H2,1-2H3. The quantitative estimate of drug-likeness (QED) is 0.883. The lowest BCUT2D eigenvalue weighted by atomic mass is 10.1. The molecule has 1 N–H and O–H groups in total. The van der Waals surface area contributed by atoms with Crippen LogP contribution in [0.2, 0.25) is 0 Å². The average Bonchev–Trinajstić information content (AvgIpc) is 2.25. The number of benzene rings is 1. The molecular formula is C12H16F3NO. The average molecular weight is 247 g/mol. The fourth-order valence-corrected chi connectivity index (χ4v) is 1.43. The molecule has 0 saturated heterocycles. The molecule has 0 amide bonds. The highest BCUT2D eigenvalue weighted by molar-refractivity contribution is 5.47. The predicted octanol–water partition coefficient (Wildman–Crippen LogP) is 3.13. The van der Waals surface area contributed by atoms with E-state index in [0.29, 0.717) is 5.69 Å². The van der Waals surface area contributed by atoms with Crippen molar-refractivity contribution in [2.45, 2.75) is 25.6 Å². The van der Waals surface area contributed by atoms with Gasteiger partial charge in [0.05, 0.1) is 12.5 Å². The number of rotatable bonds is 4. The Morgan fingerprint density at radius 3 is 2.18 bits per heavy atom. The molecule has 0 heterocycles. The van der Waals surface area contributed by atoms with Crippen LogP contribution in [-0.2, 0) is 0 Å². The smallest absolute Gasteiger partial charge is 0.389 e. The van der Waals surface area contributed by atoms with Gasteiger partial charge in [-0.1, -0.05) is 12.1 Å². The molecule has 0 aliphatic heterocycles. The summed E-state index contributed by atoms with van der Waals surface area (Å²) in [6, 6.07) is 6.84. The van der Waals surface area contributed by atoms with Crippen molar-refractivity contribution in [3.63, 3.8) is 0 Å². The molecular weight excluding hydrogens is 231 g/mol. The zero-order valence-electron chi connectivity index (χ0n) is 9.83. The molecule has 96 valence electrons. The van der Waals surface area contributed by atoms with E-state index in [9.17, 15) is 18.3 Å². The number of nitrogens with zero attached hydrogens (tertiary/aromatic N) is 1. The molecule has 1 atom stereocenters. The van der Waals surface area contributed by atoms with Gasteiger partial charge in [-0.3, -0.25) is 0 Å². The summed E-state index contributed by atoms with van der Waals surface area (Å²) < 4.78 is 36.1. The largest absolute Gasteiger partial charge is 0.390 e. The van der Waals surface area contributed by atoms with Gasteiger partial charge >= 0.3 is 6.18 Å². The topological polar surface area (TPSA) is 23.5 Å². The molecule has 0 bridgehead atoms. The van der Waals surface area contributed by atoms with Gasteiger partial charge in [-0.2, -0.15) is 13.2 Å². The van der Waals surface area contributed by atoms with Gasteiger partial charge in [0.25, 0.3) is 0 Å². The number of hydrogen-bond acceptors (Lipinski definition) is 2. The summed E-state index contributed by atoms with van der Waals surface area (Å²) in [6.45, 7) is 1.57. The van der Waals surface area contributed by atoms with E-state index in [2.05, 4.69) is 0 Å². The van der Waals surface area contributed by atoms with E-state index in [1.54, 1.807) is 43.1 Å². The molecule has 1 aromatic rings. The second-order valence-corrected chi connectivity index (χ2v) is 4.05. The van der Waals surface area contributed by atoms with E-state index >= 15 is 0 Å². The number of hydrogen-bond donors (Lipinski definition) is 1. The first-order chi connectivity index (χ1) is 7.79. The maximum absolute atomic E-state index is 12.0. The maximum Gasteiger partial charge on any atom is 0.390 e. The van der Waals surface area contributed by atoms with Crippen molar-refractivity contribution in [2.75, 3.05) is 18.5 Å². The first kappa shape index (κ1) is 13.8. The van der Waals surface area contributed by atoms with Crippen molar-refractivity contribution in [1.82, 2.24) is 0 Å². The molecule has 5 heteroatoms. The molecule has 0 spiro atoms. The molecule has 1 aromatic carbocycles. The van der Waals surface area contributed by atoms with Gasteiger partial charge in [0.15, 0.2) is 0 Å². The zero-order chi connectivity index (χ0) is 13.1. The van der Waals surface area contributed by atoms with Crippen LogP contribution in [0.1, 0.15) is 25.0 Å². The summed E-state index contributed by atoms with van der Waals surface area (Å²) in [5.74, 6) is 0. The highest BCUT2D eigenvalue weighted by Crippen LogP contribution is 2.22. The number of aliphatic hydroxyl groups is 1. The molecule has 0 radical (unpaired) electrons. The Bertz CT molecular complexity index is 346. The van der Waals surface area contributed by atoms with E-state index < -0.39 is 18.7 Å². The second kappa shape index (κ2) is 5.40. The van der Waals surface area contributed by atoms with Crippen molar-refractivity contribution in [3.8, 4) is 0 Å². The monoisotopic (exact) mass is 247 g/mol. The SMILES string of the molecule is CC(O)c1ccc(N(C)CCC(F)(F)F)cc1. The molecule has 0 aromatic heterocycles. The highest BCUT2D eigenvalue weighted by Gasteiger charge is 2.27. The van der Waals surface area contributed by atoms with Crippen LogP contribution in [0.4, 0.5) is 18.9 Å². The minimum atomic E-state index is -4.13. The van der Waals surface area contributed by atoms with E-state index in [1.165, 1.54) is 0 Å². The van der Waals surface area contributed by atoms with Gasteiger partial charge in [-0.15, -0.1) is 0 Å². The van der Waals surface area contributed by atoms with Crippen LogP contribution < -0.4 is 4.90 Å². The number of aliphatic hydroxyl groups excluding tert-OH is 1. The van der Waals surface area contributed by atoms with Gasteiger partial charge in [-0.25, -0.2) is 0 Å². The summed E-state index contributed by atoms with van der Waals surface area (Å²) in [5, 5.41) is 9.30. The van der Waals surface area contributed by atoms with E-state index in [0.717, 1.165) is 5.56 Å². The van der Waals surface area contributed by atoms with Crippen LogP contribution in [0.3, 0.4) is 0 Å². The lowest BCUT2D eigenvalue weighted by molar-refractivity contribution is -0.132. The summed E-state index contributed by atoms with van der Waals surface area (Å²) in [4.78, 5) is 1.54. The van der Waals surface area contributed by atoms with E-state index in [-0.39, 0.29) is 6.54 Å². The van der Waals surface area contributed by atoms with Crippen molar-refractivity contribution in [1.29, 1.82) is 0 Å². The van der Waals surface area contributed by atoms with E-state index in [4.69, 9.17) is 0 Å². The molecule has 0 saturated carbocycles. The summed E-state index contributed by atoms with van der Waals surface area (Å²) in [5.41, 5.74) is 1.46. The number of anilines is 1. The third kappa shape index (κ3) is 4.65. The third-order valence-electron chi connectivity index (χ3n) is 2.55. The minimum Gasteiger partial charge on any atom is -0.389 e. The normalized spacial score (nSPS) is 13.5. The molecule has 17 heavy (non-hydrogen) atoms. The van der Waals surface area contributed by atoms with Gasteiger partial charge in [0.2, 0.25) is 0 Å². The first-order valence-electron chi connectivity index (χ1n) is 5.35. The Kier molecular flexibility index (Phi) is 4.40. The summed E-state index contributed by atoms with van der Waals surface area (Å²) in [7, 11) is 1.61. The molecule has 0 aliphatic rings. The fraction of sp³-hybridized carbons (Fsp3) is 0.500. The van der Waals surface area contributed by atoms with Crippen LogP contribution in [0, 0.1) is 0 Å². The third-order valence-corrected chi connectivity index (χ3v) is 2.55. The number of halogens is 3. The second-order valence-electron chi connectivity index (χ2n) is 4.05. The van der Waals surface area contributed by atoms with E-state index in [1.807, 2.05) is 0 Å². The van der Waals surface area contributed by atoms with Gasteiger partial charge in [0, 0.05) is 19.3 Å². The fourth-order valence-electron chi connectivity index (χ4n) is 1.43. The van der Waals surface area contributed by atoms with Gasteiger partial charge in [0.1, 0.15) is 0 Å². The zero-order valence-corrected chi connectivity index (χ0v) is 9.83. The van der Waals surface area contributed by atoms with Gasteiger partial charge < -0.3 is 10.0 Å². The maximum atomic E-state index is 12.0. The minimum absolute atomic E-state index is 0.0719. The highest BCUT2D eigenvalue weighted by atomic mass is 19.4. The Labute approximate surface area is 98.7 Å². The van der Waals surface area contributed by atoms with Crippen molar-refractivity contribution in [2.24, 2.45) is 0 Å². The molecule has 1 unspecified atom stereocenters. The van der Waals surface area contributed by atoms with Crippen molar-refractivity contribution >= 4 is 5.69 Å². The van der Waals surface area contributed by atoms with Crippen LogP contribution in [0.5, 0.6) is 0 Å². The summed E-state index contributed by atoms with van der Waals surface area (Å²) >= 11 is 0. The lowest BCUT2D eigenvalue weighted by Crippen LogP contribution is -2.23. The number of alkyl halides is 3. The Morgan fingerprint density at radius 1 is 1.24 bits per heavy atom. The Balaban J connectivity index is 2.60.